The number of ether oxygens (including phenoxy) is 5. The molecule has 228 valence electrons. The van der Waals surface area contributed by atoms with E-state index in [9.17, 15) is 14.4 Å². The molecule has 0 saturated carbocycles. The Bertz CT molecular complexity index is 1020. The van der Waals surface area contributed by atoms with E-state index in [1.165, 1.54) is 0 Å². The highest BCUT2D eigenvalue weighted by molar-refractivity contribution is 5.94. The molecule has 40 heavy (non-hydrogen) atoms. The van der Waals surface area contributed by atoms with Gasteiger partial charge in [-0.05, 0) is 122 Å². The molecule has 0 radical (unpaired) electrons. The zero-order valence-electron chi connectivity index (χ0n) is 27.2. The highest BCUT2D eigenvalue weighted by Crippen LogP contribution is 2.35. The summed E-state index contributed by atoms with van der Waals surface area (Å²) >= 11 is 0. The molecule has 9 heteroatoms. The Labute approximate surface area is 240 Å². The predicted molar refractivity (Wildman–Crippen MR) is 155 cm³/mol. The zero-order chi connectivity index (χ0) is 31.5. The molecule has 0 aliphatic rings. The minimum absolute atomic E-state index is 0.0797. The topological polar surface area (TPSA) is 101 Å². The second-order valence-electron chi connectivity index (χ2n) is 14.8. The lowest BCUT2D eigenvalue weighted by atomic mass is 10.0. The molecule has 0 spiro atoms. The number of rotatable bonds is 6. The van der Waals surface area contributed by atoms with Crippen LogP contribution in [0.1, 0.15) is 109 Å². The summed E-state index contributed by atoms with van der Waals surface area (Å²) in [5, 5.41) is 0. The Morgan fingerprint density at radius 1 is 0.600 bits per heavy atom. The van der Waals surface area contributed by atoms with E-state index in [1.807, 2.05) is 41.5 Å². The van der Waals surface area contributed by atoms with Crippen LogP contribution in [0.5, 0.6) is 11.5 Å². The summed E-state index contributed by atoms with van der Waals surface area (Å²) < 4.78 is 29.0. The first kappa shape index (κ1) is 35.1. The third-order valence-electron chi connectivity index (χ3n) is 4.44. The summed E-state index contributed by atoms with van der Waals surface area (Å²) in [6, 6.07) is 3.86. The van der Waals surface area contributed by atoms with Gasteiger partial charge in [0.05, 0.1) is 0 Å². The third-order valence-corrected chi connectivity index (χ3v) is 4.44. The molecule has 1 aromatic rings. The van der Waals surface area contributed by atoms with Crippen molar-refractivity contribution in [1.29, 1.82) is 0 Å². The van der Waals surface area contributed by atoms with Crippen LogP contribution in [-0.2, 0) is 25.4 Å². The van der Waals surface area contributed by atoms with Gasteiger partial charge in [-0.3, -0.25) is 0 Å². The average Bonchev–Trinajstić information content (AvgIpc) is 2.63. The van der Waals surface area contributed by atoms with Crippen LogP contribution in [0.3, 0.4) is 0 Å². The summed E-state index contributed by atoms with van der Waals surface area (Å²) in [4.78, 5) is 41.1. The van der Waals surface area contributed by atoms with Gasteiger partial charge in [-0.2, -0.15) is 4.90 Å². The number of benzene rings is 1. The molecule has 0 heterocycles. The monoisotopic (exact) mass is 565 g/mol. The summed E-state index contributed by atoms with van der Waals surface area (Å²) in [7, 11) is 0. The van der Waals surface area contributed by atoms with Gasteiger partial charge in [0.15, 0.2) is 11.5 Å². The fraction of sp³-hybridized carbons (Fsp3) is 0.710. The first-order chi connectivity index (χ1) is 17.7. The number of carbonyl (C=O) groups excluding carboxylic acids is 3. The van der Waals surface area contributed by atoms with E-state index in [-0.39, 0.29) is 6.42 Å². The molecule has 0 fully saturated rings. The normalized spacial score (nSPS) is 13.7. The van der Waals surface area contributed by atoms with Crippen molar-refractivity contribution in [3.8, 4) is 11.5 Å². The molecule has 0 unspecified atom stereocenters. The lowest BCUT2D eigenvalue weighted by Gasteiger charge is -2.34. The Balaban J connectivity index is 3.72. The van der Waals surface area contributed by atoms with Gasteiger partial charge >= 0.3 is 18.2 Å². The molecule has 0 aliphatic carbocycles. The van der Waals surface area contributed by atoms with Crippen molar-refractivity contribution in [3.05, 3.63) is 23.8 Å². The highest BCUT2D eigenvalue weighted by Gasteiger charge is 2.42. The Morgan fingerprint density at radius 3 is 1.38 bits per heavy atom. The van der Waals surface area contributed by atoms with Crippen LogP contribution in [-0.4, -0.2) is 57.1 Å². The highest BCUT2D eigenvalue weighted by atomic mass is 16.6. The van der Waals surface area contributed by atoms with E-state index >= 15 is 0 Å². The van der Waals surface area contributed by atoms with Crippen LogP contribution in [0, 0.1) is 0 Å². The number of nitrogens with zero attached hydrogens (tertiary/aromatic N) is 1. The van der Waals surface area contributed by atoms with Crippen LogP contribution < -0.4 is 9.47 Å². The van der Waals surface area contributed by atoms with Gasteiger partial charge in [0.25, 0.3) is 0 Å². The van der Waals surface area contributed by atoms with E-state index < -0.39 is 52.2 Å². The minimum atomic E-state index is -1.39. The van der Waals surface area contributed by atoms with Crippen molar-refractivity contribution in [3.63, 3.8) is 0 Å². The number of carbonyl (C=O) groups is 3. The molecule has 2 amide bonds. The van der Waals surface area contributed by atoms with Gasteiger partial charge in [-0.25, -0.2) is 14.4 Å². The molecular formula is C31H51NO8. The summed E-state index contributed by atoms with van der Waals surface area (Å²) in [5.41, 5.74) is -3.17. The fourth-order valence-electron chi connectivity index (χ4n) is 3.33. The second-order valence-corrected chi connectivity index (χ2v) is 14.8. The maximum absolute atomic E-state index is 13.6. The Morgan fingerprint density at radius 2 is 1.00 bits per heavy atom. The van der Waals surface area contributed by atoms with Crippen molar-refractivity contribution in [2.75, 3.05) is 0 Å². The number of hydrogen-bond acceptors (Lipinski definition) is 8. The van der Waals surface area contributed by atoms with E-state index in [0.717, 1.165) is 0 Å². The number of amides is 2. The van der Waals surface area contributed by atoms with Crippen molar-refractivity contribution in [2.45, 2.75) is 144 Å². The maximum atomic E-state index is 13.6. The van der Waals surface area contributed by atoms with Crippen LogP contribution >= 0.6 is 0 Å². The number of esters is 1. The predicted octanol–water partition coefficient (Wildman–Crippen LogP) is 7.47. The Hall–Kier alpha value is -2.97. The van der Waals surface area contributed by atoms with E-state index in [4.69, 9.17) is 23.7 Å². The third kappa shape index (κ3) is 13.4. The van der Waals surface area contributed by atoms with Crippen LogP contribution in [0.4, 0.5) is 9.59 Å². The smallest absolute Gasteiger partial charge is 0.420 e. The number of imide groups is 1. The summed E-state index contributed by atoms with van der Waals surface area (Å²) in [6.45, 7) is 26.7. The quantitative estimate of drug-likeness (QED) is 0.259. The maximum Gasteiger partial charge on any atom is 0.420 e. The van der Waals surface area contributed by atoms with Crippen LogP contribution in [0.15, 0.2) is 18.2 Å². The second kappa shape index (κ2) is 12.3. The first-order valence-corrected chi connectivity index (χ1v) is 13.6. The minimum Gasteiger partial charge on any atom is -0.484 e. The molecule has 9 nitrogen and oxygen atoms in total. The van der Waals surface area contributed by atoms with Crippen LogP contribution in [0.25, 0.3) is 0 Å². The van der Waals surface area contributed by atoms with Crippen molar-refractivity contribution >= 4 is 18.2 Å². The molecule has 0 N–H and O–H groups in total. The van der Waals surface area contributed by atoms with Gasteiger partial charge in [0, 0.05) is 6.42 Å². The lowest BCUT2D eigenvalue weighted by Crippen LogP contribution is -2.54. The molecular weight excluding hydrogens is 514 g/mol. The fourth-order valence-corrected chi connectivity index (χ4v) is 3.33. The summed E-state index contributed by atoms with van der Waals surface area (Å²) in [5.74, 6) is 0.206. The van der Waals surface area contributed by atoms with E-state index in [2.05, 4.69) is 0 Å². The van der Waals surface area contributed by atoms with E-state index in [0.29, 0.717) is 22.0 Å². The van der Waals surface area contributed by atoms with Gasteiger partial charge in [0.2, 0.25) is 0 Å². The lowest BCUT2D eigenvalue weighted by molar-refractivity contribution is -0.161. The number of hydrogen-bond donors (Lipinski definition) is 0. The van der Waals surface area contributed by atoms with Crippen molar-refractivity contribution in [1.82, 2.24) is 4.90 Å². The van der Waals surface area contributed by atoms with Gasteiger partial charge in [0.1, 0.15) is 34.0 Å². The Kier molecular flexibility index (Phi) is 10.8. The van der Waals surface area contributed by atoms with Crippen molar-refractivity contribution < 1.29 is 38.1 Å². The molecule has 0 bridgehead atoms. The largest absolute Gasteiger partial charge is 0.484 e. The van der Waals surface area contributed by atoms with E-state index in [1.54, 1.807) is 80.5 Å². The van der Waals surface area contributed by atoms with Gasteiger partial charge < -0.3 is 23.7 Å². The molecule has 0 aromatic heterocycles. The summed E-state index contributed by atoms with van der Waals surface area (Å²) in [6.07, 6.45) is -2.11. The van der Waals surface area contributed by atoms with Crippen molar-refractivity contribution in [2.24, 2.45) is 0 Å². The van der Waals surface area contributed by atoms with Gasteiger partial charge in [-0.15, -0.1) is 0 Å². The molecule has 0 saturated heterocycles. The van der Waals surface area contributed by atoms with Crippen LogP contribution in [0.2, 0.25) is 0 Å². The molecule has 1 aromatic carbocycles. The average molecular weight is 566 g/mol. The molecule has 0 aliphatic heterocycles. The zero-order valence-corrected chi connectivity index (χ0v) is 27.2. The first-order valence-electron chi connectivity index (χ1n) is 13.6. The molecule has 1 rings (SSSR count). The standard InChI is InChI=1S/C31H51NO8/c1-27(2,3)36-22-17-16-20(19-23(22)37-28(4,5)6)18-21(24(33)38-29(7,8)9)32(25(34)39-30(10,11)12)26(35)40-31(13,14)15/h16-17,19,21H,18H2,1-15H3/t21-/m0/s1. The molecule has 1 atom stereocenters. The SMILES string of the molecule is CC(C)(C)OC(=O)[C@H](Cc1ccc(OC(C)(C)C)c(OC(C)(C)C)c1)N(C(=O)OC(C)(C)C)C(=O)OC(C)(C)C. The van der Waals surface area contributed by atoms with Gasteiger partial charge in [-0.1, -0.05) is 6.07 Å².